The number of halogens is 2. The van der Waals surface area contributed by atoms with E-state index in [1.807, 2.05) is 13.8 Å². The lowest BCUT2D eigenvalue weighted by Gasteiger charge is -2.21. The second-order valence-corrected chi connectivity index (χ2v) is 7.88. The molecule has 0 aliphatic rings. The van der Waals surface area contributed by atoms with Gasteiger partial charge in [-0.15, -0.1) is 11.3 Å². The minimum Gasteiger partial charge on any atom is -0.481 e. The summed E-state index contributed by atoms with van der Waals surface area (Å²) < 4.78 is 2.17. The summed E-state index contributed by atoms with van der Waals surface area (Å²) >= 11 is 8.60. The lowest BCUT2D eigenvalue weighted by molar-refractivity contribution is -0.139. The number of thiophene rings is 1. The Balaban J connectivity index is 2.53. The van der Waals surface area contributed by atoms with Gasteiger partial charge in [-0.05, 0) is 56.2 Å². The second-order valence-electron chi connectivity index (χ2n) is 4.57. The normalized spacial score (nSPS) is 11.8. The van der Waals surface area contributed by atoms with Crippen molar-refractivity contribution in [3.05, 3.63) is 19.2 Å². The third kappa shape index (κ3) is 4.55. The Kier molecular flexibility index (Phi) is 5.01. The fourth-order valence-corrected chi connectivity index (χ4v) is 3.65. The molecular formula is C11H14Br2O2S. The Labute approximate surface area is 116 Å². The summed E-state index contributed by atoms with van der Waals surface area (Å²) in [6, 6.07) is 2.09. The summed E-state index contributed by atoms with van der Waals surface area (Å²) in [7, 11) is 0. The predicted octanol–water partition coefficient (Wildman–Crippen LogP) is 4.71. The van der Waals surface area contributed by atoms with E-state index in [9.17, 15) is 4.79 Å². The Bertz CT molecular complexity index is 366. The Hall–Kier alpha value is 0.130. The van der Waals surface area contributed by atoms with Gasteiger partial charge in [0.05, 0.1) is 10.2 Å². The number of hydrogen-bond acceptors (Lipinski definition) is 2. The molecule has 0 bridgehead atoms. The van der Waals surface area contributed by atoms with Crippen molar-refractivity contribution >= 4 is 49.2 Å². The van der Waals surface area contributed by atoms with Crippen LogP contribution in [0.4, 0.5) is 0 Å². The Morgan fingerprint density at radius 1 is 1.50 bits per heavy atom. The molecule has 0 saturated carbocycles. The minimum absolute atomic E-state index is 0.144. The molecule has 1 aromatic rings. The van der Waals surface area contributed by atoms with E-state index in [1.165, 1.54) is 4.88 Å². The first-order chi connectivity index (χ1) is 7.30. The molecule has 1 heterocycles. The highest BCUT2D eigenvalue weighted by atomic mass is 79.9. The first kappa shape index (κ1) is 14.2. The highest BCUT2D eigenvalue weighted by Gasteiger charge is 2.21. The van der Waals surface area contributed by atoms with Crippen LogP contribution < -0.4 is 0 Å². The number of aryl methyl sites for hydroxylation is 1. The maximum absolute atomic E-state index is 10.7. The molecule has 0 radical (unpaired) electrons. The molecule has 0 saturated heterocycles. The molecule has 0 spiro atoms. The van der Waals surface area contributed by atoms with Gasteiger partial charge in [0.2, 0.25) is 0 Å². The summed E-state index contributed by atoms with van der Waals surface area (Å²) in [5, 5.41) is 8.78. The number of rotatable bonds is 5. The van der Waals surface area contributed by atoms with E-state index in [2.05, 4.69) is 37.9 Å². The zero-order chi connectivity index (χ0) is 12.3. The maximum atomic E-state index is 10.7. The lowest BCUT2D eigenvalue weighted by atomic mass is 9.84. The predicted molar refractivity (Wildman–Crippen MR) is 74.1 cm³/mol. The second kappa shape index (κ2) is 5.65. The van der Waals surface area contributed by atoms with Crippen molar-refractivity contribution in [1.82, 2.24) is 0 Å². The van der Waals surface area contributed by atoms with Crippen molar-refractivity contribution < 1.29 is 9.90 Å². The minimum atomic E-state index is -0.724. The number of carbonyl (C=O) groups is 1. The lowest BCUT2D eigenvalue weighted by Crippen LogP contribution is -2.17. The average molecular weight is 370 g/mol. The maximum Gasteiger partial charge on any atom is 0.303 e. The summed E-state index contributed by atoms with van der Waals surface area (Å²) in [4.78, 5) is 11.9. The molecule has 0 atom stereocenters. The third-order valence-corrected chi connectivity index (χ3v) is 5.69. The van der Waals surface area contributed by atoms with Crippen molar-refractivity contribution in [2.24, 2.45) is 5.41 Å². The highest BCUT2D eigenvalue weighted by Crippen LogP contribution is 2.35. The van der Waals surface area contributed by atoms with E-state index >= 15 is 0 Å². The summed E-state index contributed by atoms with van der Waals surface area (Å²) in [6.45, 7) is 4.00. The van der Waals surface area contributed by atoms with Gasteiger partial charge in [0, 0.05) is 9.35 Å². The van der Waals surface area contributed by atoms with Gasteiger partial charge in [0.1, 0.15) is 0 Å². The summed E-state index contributed by atoms with van der Waals surface area (Å²) in [5.41, 5.74) is -0.144. The van der Waals surface area contributed by atoms with Gasteiger partial charge < -0.3 is 5.11 Å². The van der Waals surface area contributed by atoms with E-state index < -0.39 is 5.97 Å². The summed E-state index contributed by atoms with van der Waals surface area (Å²) in [6.07, 6.45) is 2.04. The van der Waals surface area contributed by atoms with Crippen molar-refractivity contribution in [3.8, 4) is 0 Å². The molecule has 0 aromatic carbocycles. The molecule has 1 N–H and O–H groups in total. The smallest absolute Gasteiger partial charge is 0.303 e. The van der Waals surface area contributed by atoms with Crippen LogP contribution in [0, 0.1) is 5.41 Å². The SMILES string of the molecule is CC(C)(CCc1cc(Br)c(Br)s1)CC(=O)O. The first-order valence-corrected chi connectivity index (χ1v) is 7.36. The van der Waals surface area contributed by atoms with E-state index in [-0.39, 0.29) is 11.8 Å². The Morgan fingerprint density at radius 3 is 2.56 bits per heavy atom. The molecule has 0 aliphatic carbocycles. The molecule has 90 valence electrons. The van der Waals surface area contributed by atoms with Crippen LogP contribution in [-0.2, 0) is 11.2 Å². The zero-order valence-corrected chi connectivity index (χ0v) is 13.2. The number of carboxylic acids is 1. The molecule has 2 nitrogen and oxygen atoms in total. The first-order valence-electron chi connectivity index (χ1n) is 4.96. The van der Waals surface area contributed by atoms with Gasteiger partial charge in [-0.1, -0.05) is 13.8 Å². The van der Waals surface area contributed by atoms with Crippen LogP contribution in [0.25, 0.3) is 0 Å². The van der Waals surface area contributed by atoms with Gasteiger partial charge >= 0.3 is 5.97 Å². The van der Waals surface area contributed by atoms with Crippen LogP contribution >= 0.6 is 43.2 Å². The molecule has 0 amide bonds. The molecular weight excluding hydrogens is 356 g/mol. The molecule has 5 heteroatoms. The van der Waals surface area contributed by atoms with Crippen LogP contribution in [0.2, 0.25) is 0 Å². The molecule has 0 unspecified atom stereocenters. The topological polar surface area (TPSA) is 37.3 Å². The summed E-state index contributed by atoms with van der Waals surface area (Å²) in [5.74, 6) is -0.724. The quantitative estimate of drug-likeness (QED) is 0.816. The van der Waals surface area contributed by atoms with E-state index in [1.54, 1.807) is 11.3 Å². The fraction of sp³-hybridized carbons (Fsp3) is 0.545. The largest absolute Gasteiger partial charge is 0.481 e. The molecule has 0 fully saturated rings. The average Bonchev–Trinajstić information content (AvgIpc) is 2.41. The monoisotopic (exact) mass is 368 g/mol. The van der Waals surface area contributed by atoms with Crippen molar-refractivity contribution in [3.63, 3.8) is 0 Å². The fourth-order valence-electron chi connectivity index (χ4n) is 1.47. The van der Waals surface area contributed by atoms with Crippen molar-refractivity contribution in [1.29, 1.82) is 0 Å². The van der Waals surface area contributed by atoms with Gasteiger partial charge in [-0.3, -0.25) is 4.79 Å². The van der Waals surface area contributed by atoms with Crippen LogP contribution in [0.3, 0.4) is 0 Å². The van der Waals surface area contributed by atoms with Crippen LogP contribution in [0.15, 0.2) is 14.3 Å². The highest BCUT2D eigenvalue weighted by molar-refractivity contribution is 9.13. The van der Waals surface area contributed by atoms with Crippen molar-refractivity contribution in [2.45, 2.75) is 33.1 Å². The van der Waals surface area contributed by atoms with Gasteiger partial charge in [-0.25, -0.2) is 0 Å². The van der Waals surface area contributed by atoms with Crippen LogP contribution in [-0.4, -0.2) is 11.1 Å². The van der Waals surface area contributed by atoms with Crippen molar-refractivity contribution in [2.75, 3.05) is 0 Å². The third-order valence-electron chi connectivity index (χ3n) is 2.37. The molecule has 1 aromatic heterocycles. The molecule has 1 rings (SSSR count). The van der Waals surface area contributed by atoms with Crippen LogP contribution in [0.5, 0.6) is 0 Å². The van der Waals surface area contributed by atoms with E-state index in [0.717, 1.165) is 21.1 Å². The standard InChI is InChI=1S/C11H14Br2O2S/c1-11(2,6-9(14)15)4-3-7-5-8(12)10(13)16-7/h5H,3-4,6H2,1-2H3,(H,14,15). The number of aliphatic carboxylic acids is 1. The van der Waals surface area contributed by atoms with Gasteiger partial charge in [0.15, 0.2) is 0 Å². The molecule has 0 aliphatic heterocycles. The zero-order valence-electron chi connectivity index (χ0n) is 9.22. The van der Waals surface area contributed by atoms with E-state index in [4.69, 9.17) is 5.11 Å². The Morgan fingerprint density at radius 2 is 2.12 bits per heavy atom. The van der Waals surface area contributed by atoms with Gasteiger partial charge in [0.25, 0.3) is 0 Å². The van der Waals surface area contributed by atoms with Gasteiger partial charge in [-0.2, -0.15) is 0 Å². The number of hydrogen-bond donors (Lipinski definition) is 1. The van der Waals surface area contributed by atoms with E-state index in [0.29, 0.717) is 0 Å². The molecule has 16 heavy (non-hydrogen) atoms. The number of carboxylic acid groups (broad SMARTS) is 1. The van der Waals surface area contributed by atoms with Crippen LogP contribution in [0.1, 0.15) is 31.6 Å².